The molecule has 2 aromatic rings. The lowest BCUT2D eigenvalue weighted by atomic mass is 9.60. The third-order valence-electron chi connectivity index (χ3n) is 8.23. The highest BCUT2D eigenvalue weighted by Crippen LogP contribution is 2.46. The number of hydrogen-bond donors (Lipinski definition) is 3. The number of rotatable bonds is 8. The Morgan fingerprint density at radius 1 is 0.974 bits per heavy atom. The molecule has 4 fully saturated rings. The first-order chi connectivity index (χ1) is 18.8. The lowest BCUT2D eigenvalue weighted by Crippen LogP contribution is -2.61. The lowest BCUT2D eigenvalue weighted by Gasteiger charge is -2.51. The van der Waals surface area contributed by atoms with Crippen LogP contribution in [0.4, 0.5) is 4.39 Å². The van der Waals surface area contributed by atoms with E-state index in [9.17, 15) is 14.0 Å². The maximum absolute atomic E-state index is 13.6. The minimum absolute atomic E-state index is 0.00591. The second-order valence-electron chi connectivity index (χ2n) is 10.9. The molecule has 3 saturated carbocycles. The van der Waals surface area contributed by atoms with Crippen molar-refractivity contribution in [3.8, 4) is 11.5 Å². The molecule has 0 radical (unpaired) electrons. The zero-order valence-electron chi connectivity index (χ0n) is 21.1. The number of nitrogens with one attached hydrogen (secondary N) is 3. The molecule has 39 heavy (non-hydrogen) atoms. The maximum Gasteiger partial charge on any atom is 0.261 e. The second-order valence-corrected chi connectivity index (χ2v) is 11.7. The van der Waals surface area contributed by atoms with Crippen LogP contribution in [0.25, 0.3) is 0 Å². The first kappa shape index (κ1) is 26.6. The van der Waals surface area contributed by atoms with Gasteiger partial charge >= 0.3 is 0 Å². The smallest absolute Gasteiger partial charge is 0.261 e. The molecule has 0 aromatic heterocycles. The van der Waals surface area contributed by atoms with Crippen molar-refractivity contribution in [3.63, 3.8) is 0 Å². The van der Waals surface area contributed by atoms with Gasteiger partial charge in [-0.1, -0.05) is 23.2 Å². The highest BCUT2D eigenvalue weighted by Gasteiger charge is 2.47. The van der Waals surface area contributed by atoms with E-state index in [1.165, 1.54) is 12.1 Å². The number of hydrogen-bond acceptors (Lipinski definition) is 6. The van der Waals surface area contributed by atoms with Gasteiger partial charge in [-0.2, -0.15) is 0 Å². The Morgan fingerprint density at radius 2 is 1.74 bits per heavy atom. The largest absolute Gasteiger partial charge is 0.484 e. The summed E-state index contributed by atoms with van der Waals surface area (Å²) in [6.07, 6.45) is 2.37. The van der Waals surface area contributed by atoms with Gasteiger partial charge in [-0.25, -0.2) is 4.39 Å². The van der Waals surface area contributed by atoms with Crippen molar-refractivity contribution in [1.29, 1.82) is 0 Å². The fourth-order valence-electron chi connectivity index (χ4n) is 5.99. The van der Waals surface area contributed by atoms with Gasteiger partial charge in [0.25, 0.3) is 11.8 Å². The molecule has 8 nitrogen and oxygen atoms in total. The van der Waals surface area contributed by atoms with Gasteiger partial charge in [-0.05, 0) is 61.4 Å². The van der Waals surface area contributed by atoms with Crippen LogP contribution in [-0.2, 0) is 14.3 Å². The zero-order valence-corrected chi connectivity index (χ0v) is 22.6. The predicted molar refractivity (Wildman–Crippen MR) is 143 cm³/mol. The number of benzene rings is 2. The van der Waals surface area contributed by atoms with Crippen molar-refractivity contribution >= 4 is 35.0 Å². The third kappa shape index (κ3) is 5.82. The molecule has 4 atom stereocenters. The summed E-state index contributed by atoms with van der Waals surface area (Å²) in [5.41, 5.74) is 0.948. The minimum atomic E-state index is -0.642. The third-order valence-corrected chi connectivity index (χ3v) is 8.77. The molecular weight excluding hydrogens is 548 g/mol. The van der Waals surface area contributed by atoms with Crippen LogP contribution in [0.2, 0.25) is 10.0 Å². The van der Waals surface area contributed by atoms with Crippen molar-refractivity contribution in [3.05, 3.63) is 57.8 Å². The highest BCUT2D eigenvalue weighted by molar-refractivity contribution is 6.31. The number of ether oxygens (including phenoxy) is 3. The first-order valence-corrected chi connectivity index (χ1v) is 14.1. The number of halogens is 3. The molecule has 2 bridgehead atoms. The number of amides is 2. The minimum Gasteiger partial charge on any atom is -0.484 e. The summed E-state index contributed by atoms with van der Waals surface area (Å²) in [6.45, 7) is 1.05. The Balaban J connectivity index is 1.04. The van der Waals surface area contributed by atoms with Crippen LogP contribution in [0.3, 0.4) is 0 Å². The van der Waals surface area contributed by atoms with Crippen LogP contribution in [0.15, 0.2) is 36.4 Å². The van der Waals surface area contributed by atoms with E-state index in [-0.39, 0.29) is 53.4 Å². The standard InChI is InChI=1S/C28H30Cl2FN3O5/c29-16-1-4-25-19(7-16)24(32-17-11-37-12-17)10-26(39-25)28(36)34-23-9-22(14-5-15(23)6-14)33-27(35)13-38-18-2-3-20(30)21(31)8-18/h1-4,7-8,14-15,17,22-24,26,32H,5-6,9-13H2,(H,33,35)(H,34,36). The molecule has 2 aromatic carbocycles. The molecule has 2 heterocycles. The summed E-state index contributed by atoms with van der Waals surface area (Å²) in [7, 11) is 0. The molecule has 2 aliphatic heterocycles. The van der Waals surface area contributed by atoms with E-state index in [0.717, 1.165) is 24.5 Å². The van der Waals surface area contributed by atoms with Crippen molar-refractivity contribution in [2.24, 2.45) is 11.8 Å². The van der Waals surface area contributed by atoms with Gasteiger partial charge in [0, 0.05) is 41.2 Å². The topological polar surface area (TPSA) is 97.9 Å². The highest BCUT2D eigenvalue weighted by atomic mass is 35.5. The molecule has 11 heteroatoms. The lowest BCUT2D eigenvalue weighted by molar-refractivity contribution is -0.132. The van der Waals surface area contributed by atoms with E-state index in [0.29, 0.717) is 48.7 Å². The zero-order chi connectivity index (χ0) is 27.1. The predicted octanol–water partition coefficient (Wildman–Crippen LogP) is 3.79. The molecule has 7 rings (SSSR count). The van der Waals surface area contributed by atoms with Crippen LogP contribution in [0.5, 0.6) is 11.5 Å². The van der Waals surface area contributed by atoms with E-state index < -0.39 is 11.9 Å². The molecular formula is C28H30Cl2FN3O5. The summed E-state index contributed by atoms with van der Waals surface area (Å²) >= 11 is 11.9. The fraction of sp³-hybridized carbons (Fsp3) is 0.500. The van der Waals surface area contributed by atoms with E-state index >= 15 is 0 Å². The molecule has 2 amide bonds. The fourth-order valence-corrected chi connectivity index (χ4v) is 6.29. The Bertz CT molecular complexity index is 1260. The van der Waals surface area contributed by atoms with E-state index in [2.05, 4.69) is 16.0 Å². The van der Waals surface area contributed by atoms with Crippen molar-refractivity contribution < 1.29 is 28.2 Å². The molecule has 4 unspecified atom stereocenters. The quantitative estimate of drug-likeness (QED) is 0.441. The van der Waals surface area contributed by atoms with Crippen LogP contribution in [0, 0.1) is 17.7 Å². The van der Waals surface area contributed by atoms with Gasteiger partial charge in [-0.15, -0.1) is 0 Å². The van der Waals surface area contributed by atoms with E-state index in [1.54, 1.807) is 6.07 Å². The molecule has 208 valence electrons. The van der Waals surface area contributed by atoms with Crippen molar-refractivity contribution in [1.82, 2.24) is 16.0 Å². The second kappa shape index (κ2) is 11.1. The molecule has 0 spiro atoms. The van der Waals surface area contributed by atoms with Crippen LogP contribution >= 0.6 is 23.2 Å². The summed E-state index contributed by atoms with van der Waals surface area (Å²) in [5, 5.41) is 10.4. The maximum atomic E-state index is 13.6. The van der Waals surface area contributed by atoms with Crippen molar-refractivity contribution in [2.45, 2.75) is 56.0 Å². The van der Waals surface area contributed by atoms with Gasteiger partial charge < -0.3 is 30.2 Å². The van der Waals surface area contributed by atoms with Gasteiger partial charge in [0.05, 0.1) is 24.3 Å². The summed E-state index contributed by atoms with van der Waals surface area (Å²) in [6, 6.07) is 9.56. The summed E-state index contributed by atoms with van der Waals surface area (Å²) in [5.74, 6) is 0.609. The van der Waals surface area contributed by atoms with Crippen molar-refractivity contribution in [2.75, 3.05) is 19.8 Å². The average molecular weight is 578 g/mol. The molecule has 3 aliphatic carbocycles. The number of carbonyl (C=O) groups is 2. The first-order valence-electron chi connectivity index (χ1n) is 13.3. The molecule has 3 N–H and O–H groups in total. The summed E-state index contributed by atoms with van der Waals surface area (Å²) < 4.78 is 30.5. The Morgan fingerprint density at radius 3 is 2.46 bits per heavy atom. The van der Waals surface area contributed by atoms with Gasteiger partial charge in [-0.3, -0.25) is 9.59 Å². The van der Waals surface area contributed by atoms with Crippen LogP contribution in [-0.4, -0.2) is 55.9 Å². The molecule has 1 saturated heterocycles. The van der Waals surface area contributed by atoms with Gasteiger partial charge in [0.1, 0.15) is 17.3 Å². The monoisotopic (exact) mass is 577 g/mol. The molecule has 5 aliphatic rings. The van der Waals surface area contributed by atoms with Gasteiger partial charge in [0.2, 0.25) is 0 Å². The summed E-state index contributed by atoms with van der Waals surface area (Å²) in [4.78, 5) is 26.0. The van der Waals surface area contributed by atoms with E-state index in [4.69, 9.17) is 37.4 Å². The Hall–Kier alpha value is -2.59. The Labute approximate surface area is 235 Å². The number of fused-ring (bicyclic) bond motifs is 3. The SMILES string of the molecule is O=C(COc1ccc(Cl)c(F)c1)NC1CC(NC(=O)C2CC(NC3COC3)c3cc(Cl)ccc3O2)C2CC1C2. The normalized spacial score (nSPS) is 29.2. The van der Waals surface area contributed by atoms with Gasteiger partial charge in [0.15, 0.2) is 12.7 Å². The van der Waals surface area contributed by atoms with E-state index in [1.807, 2.05) is 12.1 Å². The van der Waals surface area contributed by atoms with Crippen LogP contribution in [0.1, 0.15) is 37.3 Å². The number of carbonyl (C=O) groups excluding carboxylic acids is 2. The Kier molecular flexibility index (Phi) is 7.59. The average Bonchev–Trinajstić information content (AvgIpc) is 2.86. The van der Waals surface area contributed by atoms with Crippen LogP contribution < -0.4 is 25.4 Å².